The molecule has 0 radical (unpaired) electrons. The van der Waals surface area contributed by atoms with E-state index in [1.54, 1.807) is 0 Å². The van der Waals surface area contributed by atoms with Crippen molar-refractivity contribution < 1.29 is 27.6 Å². The molecule has 0 spiro atoms. The first-order chi connectivity index (χ1) is 7.65. The third kappa shape index (κ3) is 8.95. The van der Waals surface area contributed by atoms with Crippen molar-refractivity contribution in [3.05, 3.63) is 25.3 Å². The minimum Gasteiger partial charge on any atom is -1.00 e. The van der Waals surface area contributed by atoms with Gasteiger partial charge in [0.2, 0.25) is 0 Å². The van der Waals surface area contributed by atoms with E-state index < -0.39 is 5.97 Å². The molecule has 0 fully saturated rings. The van der Waals surface area contributed by atoms with Gasteiger partial charge in [-0.2, -0.15) is 0 Å². The van der Waals surface area contributed by atoms with Gasteiger partial charge in [0.05, 0.1) is 6.54 Å². The van der Waals surface area contributed by atoms with Crippen LogP contribution in [0.25, 0.3) is 0 Å². The summed E-state index contributed by atoms with van der Waals surface area (Å²) in [5.41, 5.74) is 0. The minimum absolute atomic E-state index is 0. The number of nitrogens with two attached hydrogens (primary N) is 1. The highest BCUT2D eigenvalue weighted by atomic mass is 35.5. The van der Waals surface area contributed by atoms with Gasteiger partial charge < -0.3 is 22.8 Å². The lowest BCUT2D eigenvalue weighted by Gasteiger charge is -2.14. The smallest absolute Gasteiger partial charge is 0.362 e. The van der Waals surface area contributed by atoms with Gasteiger partial charge in [-0.15, -0.1) is 13.2 Å². The van der Waals surface area contributed by atoms with E-state index in [2.05, 4.69) is 13.2 Å². The Hall–Kier alpha value is -0.800. The topological polar surface area (TPSA) is 53.9 Å². The molecule has 3 nitrogen and oxygen atoms in total. The van der Waals surface area contributed by atoms with Gasteiger partial charge in [-0.05, 0) is 25.2 Å². The first kappa shape index (κ1) is 18.6. The van der Waals surface area contributed by atoms with Crippen LogP contribution < -0.4 is 17.7 Å². The number of allylic oxidation sites excluding steroid dienone is 2. The average Bonchev–Trinajstić information content (AvgIpc) is 2.24. The summed E-state index contributed by atoms with van der Waals surface area (Å²) < 4.78 is 0. The van der Waals surface area contributed by atoms with Crippen molar-refractivity contribution >= 4 is 5.97 Å². The van der Waals surface area contributed by atoms with Crippen LogP contribution in [0.2, 0.25) is 0 Å². The van der Waals surface area contributed by atoms with Gasteiger partial charge in [0.25, 0.3) is 0 Å². The van der Waals surface area contributed by atoms with Crippen molar-refractivity contribution in [3.8, 4) is 0 Å². The lowest BCUT2D eigenvalue weighted by Crippen LogP contribution is -3.00. The fourth-order valence-corrected chi connectivity index (χ4v) is 1.78. The molecule has 0 aromatic carbocycles. The number of carbonyl (C=O) groups is 1. The van der Waals surface area contributed by atoms with Crippen LogP contribution in [-0.4, -0.2) is 23.7 Å². The molecule has 0 aromatic heterocycles. The van der Waals surface area contributed by atoms with Gasteiger partial charge in [0, 0.05) is 6.42 Å². The van der Waals surface area contributed by atoms with Gasteiger partial charge in [-0.1, -0.05) is 19.1 Å². The number of carboxylic acids is 1. The van der Waals surface area contributed by atoms with Gasteiger partial charge in [-0.3, -0.25) is 0 Å². The molecule has 0 aromatic rings. The van der Waals surface area contributed by atoms with Gasteiger partial charge in [0.15, 0.2) is 6.04 Å². The minimum atomic E-state index is -0.716. The molecule has 1 atom stereocenters. The normalized spacial score (nSPS) is 11.6. The highest BCUT2D eigenvalue weighted by Crippen LogP contribution is 2.12. The summed E-state index contributed by atoms with van der Waals surface area (Å²) in [6.45, 7) is 10.2. The van der Waals surface area contributed by atoms with E-state index in [1.165, 1.54) is 0 Å². The first-order valence-corrected chi connectivity index (χ1v) is 5.93. The van der Waals surface area contributed by atoms with E-state index in [9.17, 15) is 4.79 Å². The second-order valence-corrected chi connectivity index (χ2v) is 4.08. The van der Waals surface area contributed by atoms with Crippen molar-refractivity contribution in [1.29, 1.82) is 0 Å². The van der Waals surface area contributed by atoms with E-state index in [-0.39, 0.29) is 18.4 Å². The van der Waals surface area contributed by atoms with Crippen molar-refractivity contribution in [2.45, 2.75) is 38.6 Å². The Morgan fingerprint density at radius 2 is 1.88 bits per heavy atom. The molecule has 0 amide bonds. The number of aliphatic carboxylic acids is 1. The molecular formula is C13H24ClNO2. The van der Waals surface area contributed by atoms with Gasteiger partial charge >= 0.3 is 5.97 Å². The molecule has 0 bridgehead atoms. The van der Waals surface area contributed by atoms with Gasteiger partial charge in [0.1, 0.15) is 0 Å². The summed E-state index contributed by atoms with van der Waals surface area (Å²) in [4.78, 5) is 10.8. The predicted molar refractivity (Wildman–Crippen MR) is 66.2 cm³/mol. The van der Waals surface area contributed by atoms with Crippen molar-refractivity contribution in [2.75, 3.05) is 6.54 Å². The molecule has 0 aliphatic heterocycles. The number of halogens is 1. The lowest BCUT2D eigenvalue weighted by atomic mass is 9.97. The highest BCUT2D eigenvalue weighted by Gasteiger charge is 2.18. The highest BCUT2D eigenvalue weighted by molar-refractivity contribution is 5.71. The number of quaternary nitrogens is 1. The zero-order valence-corrected chi connectivity index (χ0v) is 11.3. The van der Waals surface area contributed by atoms with Gasteiger partial charge in [-0.25, -0.2) is 4.79 Å². The fourth-order valence-electron chi connectivity index (χ4n) is 1.78. The third-order valence-electron chi connectivity index (χ3n) is 2.78. The number of hydrogen-bond donors (Lipinski definition) is 2. The van der Waals surface area contributed by atoms with Crippen LogP contribution in [0.1, 0.15) is 32.6 Å². The maximum absolute atomic E-state index is 10.8. The summed E-state index contributed by atoms with van der Waals surface area (Å²) in [5.74, 6) is -0.163. The standard InChI is InChI=1S/C13H23NO2.ClH/c1-4-7-11(8-5-2)9-10-14-12(6-3)13(15)16;/h4-5,11-12,14H,1-2,6-10H2,3H3,(H,15,16);1H. The molecule has 3 N–H and O–H groups in total. The largest absolute Gasteiger partial charge is 1.00 e. The summed E-state index contributed by atoms with van der Waals surface area (Å²) in [7, 11) is 0. The van der Waals surface area contributed by atoms with E-state index in [1.807, 2.05) is 24.4 Å². The van der Waals surface area contributed by atoms with Crippen LogP contribution in [0, 0.1) is 5.92 Å². The predicted octanol–water partition coefficient (Wildman–Crippen LogP) is -1.42. The van der Waals surface area contributed by atoms with Crippen LogP contribution >= 0.6 is 0 Å². The molecule has 0 saturated carbocycles. The molecule has 0 heterocycles. The van der Waals surface area contributed by atoms with E-state index in [4.69, 9.17) is 5.11 Å². The van der Waals surface area contributed by atoms with E-state index >= 15 is 0 Å². The molecule has 1 unspecified atom stereocenters. The van der Waals surface area contributed by atoms with Crippen LogP contribution in [0.15, 0.2) is 25.3 Å². The molecule has 4 heteroatoms. The third-order valence-corrected chi connectivity index (χ3v) is 2.78. The Morgan fingerprint density at radius 3 is 2.24 bits per heavy atom. The molecule has 0 saturated heterocycles. The fraction of sp³-hybridized carbons (Fsp3) is 0.615. The molecular weight excluding hydrogens is 238 g/mol. The average molecular weight is 262 g/mol. The quantitative estimate of drug-likeness (QED) is 0.474. The molecule has 0 aliphatic rings. The van der Waals surface area contributed by atoms with Crippen molar-refractivity contribution in [3.63, 3.8) is 0 Å². The van der Waals surface area contributed by atoms with Crippen LogP contribution in [0.4, 0.5) is 0 Å². The maximum atomic E-state index is 10.8. The molecule has 17 heavy (non-hydrogen) atoms. The SMILES string of the molecule is C=CCC(CC=C)CC[NH2+]C(CC)C(=O)O.[Cl-]. The number of rotatable bonds is 10. The monoisotopic (exact) mass is 261 g/mol. The van der Waals surface area contributed by atoms with Crippen molar-refractivity contribution in [1.82, 2.24) is 0 Å². The number of hydrogen-bond acceptors (Lipinski definition) is 1. The molecule has 100 valence electrons. The Bertz CT molecular complexity index is 221. The zero-order valence-electron chi connectivity index (χ0n) is 10.6. The Morgan fingerprint density at radius 1 is 1.35 bits per heavy atom. The Balaban J connectivity index is 0. The Kier molecular flexibility index (Phi) is 12.8. The second kappa shape index (κ2) is 11.7. The summed E-state index contributed by atoms with van der Waals surface area (Å²) in [5, 5.41) is 10.8. The van der Waals surface area contributed by atoms with E-state index in [0.29, 0.717) is 12.3 Å². The summed E-state index contributed by atoms with van der Waals surface area (Å²) >= 11 is 0. The maximum Gasteiger partial charge on any atom is 0.362 e. The summed E-state index contributed by atoms with van der Waals surface area (Å²) in [6, 6.07) is -0.298. The van der Waals surface area contributed by atoms with Crippen LogP contribution in [0.5, 0.6) is 0 Å². The summed E-state index contributed by atoms with van der Waals surface area (Å²) in [6.07, 6.45) is 7.48. The lowest BCUT2D eigenvalue weighted by molar-refractivity contribution is -0.679. The first-order valence-electron chi connectivity index (χ1n) is 5.93. The van der Waals surface area contributed by atoms with Crippen LogP contribution in [-0.2, 0) is 4.79 Å². The Labute approximate surface area is 110 Å². The van der Waals surface area contributed by atoms with Crippen LogP contribution in [0.3, 0.4) is 0 Å². The number of carboxylic acid groups (broad SMARTS) is 1. The molecule has 0 aliphatic carbocycles. The molecule has 0 rings (SSSR count). The zero-order chi connectivity index (χ0) is 12.4. The second-order valence-electron chi connectivity index (χ2n) is 4.08. The van der Waals surface area contributed by atoms with E-state index in [0.717, 1.165) is 25.8 Å². The van der Waals surface area contributed by atoms with Crippen molar-refractivity contribution in [2.24, 2.45) is 5.92 Å².